The summed E-state index contributed by atoms with van der Waals surface area (Å²) in [6, 6.07) is 7.07. The molecule has 0 spiro atoms. The SMILES string of the molecule is N#CCc1ccc(N2CCNCC2)c(F)c1. The van der Waals surface area contributed by atoms with Crippen molar-refractivity contribution in [3.63, 3.8) is 0 Å². The van der Waals surface area contributed by atoms with E-state index in [2.05, 4.69) is 5.32 Å². The summed E-state index contributed by atoms with van der Waals surface area (Å²) >= 11 is 0. The van der Waals surface area contributed by atoms with Crippen LogP contribution in [0.2, 0.25) is 0 Å². The molecule has 0 aliphatic carbocycles. The van der Waals surface area contributed by atoms with Crippen molar-refractivity contribution in [1.82, 2.24) is 5.32 Å². The minimum atomic E-state index is -0.227. The molecule has 3 nitrogen and oxygen atoms in total. The van der Waals surface area contributed by atoms with Crippen molar-refractivity contribution in [3.8, 4) is 6.07 Å². The predicted octanol–water partition coefficient (Wildman–Crippen LogP) is 1.30. The highest BCUT2D eigenvalue weighted by atomic mass is 19.1. The Morgan fingerprint density at radius 1 is 1.38 bits per heavy atom. The molecule has 1 aliphatic rings. The molecule has 0 bridgehead atoms. The van der Waals surface area contributed by atoms with Crippen molar-refractivity contribution in [2.75, 3.05) is 31.1 Å². The molecular formula is C12H14FN3. The Kier molecular flexibility index (Phi) is 3.37. The van der Waals surface area contributed by atoms with Crippen LogP contribution in [0.25, 0.3) is 0 Å². The second kappa shape index (κ2) is 4.95. The molecule has 1 fully saturated rings. The second-order valence-electron chi connectivity index (χ2n) is 3.86. The van der Waals surface area contributed by atoms with Gasteiger partial charge in [-0.05, 0) is 17.7 Å². The van der Waals surface area contributed by atoms with Crippen LogP contribution in [0.3, 0.4) is 0 Å². The Morgan fingerprint density at radius 2 is 2.12 bits per heavy atom. The summed E-state index contributed by atoms with van der Waals surface area (Å²) in [6.45, 7) is 3.43. The van der Waals surface area contributed by atoms with E-state index in [0.717, 1.165) is 31.7 Å². The topological polar surface area (TPSA) is 39.1 Å². The molecule has 0 aromatic heterocycles. The molecule has 1 heterocycles. The van der Waals surface area contributed by atoms with Crippen LogP contribution in [0.4, 0.5) is 10.1 Å². The fraction of sp³-hybridized carbons (Fsp3) is 0.417. The molecule has 1 aromatic rings. The summed E-state index contributed by atoms with van der Waals surface area (Å²) in [5.41, 5.74) is 1.38. The van der Waals surface area contributed by atoms with Gasteiger partial charge in [-0.1, -0.05) is 6.07 Å². The minimum absolute atomic E-state index is 0.227. The molecule has 2 rings (SSSR count). The van der Waals surface area contributed by atoms with Crippen molar-refractivity contribution in [3.05, 3.63) is 29.6 Å². The Bertz CT molecular complexity index is 405. The number of piperazine rings is 1. The van der Waals surface area contributed by atoms with Gasteiger partial charge in [0, 0.05) is 26.2 Å². The van der Waals surface area contributed by atoms with Crippen LogP contribution in [0.15, 0.2) is 18.2 Å². The number of hydrogen-bond donors (Lipinski definition) is 1. The first-order valence-corrected chi connectivity index (χ1v) is 5.42. The van der Waals surface area contributed by atoms with Crippen molar-refractivity contribution in [2.45, 2.75) is 6.42 Å². The normalized spacial score (nSPS) is 15.9. The molecule has 4 heteroatoms. The maximum Gasteiger partial charge on any atom is 0.146 e. The third-order valence-corrected chi connectivity index (χ3v) is 2.75. The lowest BCUT2D eigenvalue weighted by Gasteiger charge is -2.29. The zero-order chi connectivity index (χ0) is 11.4. The lowest BCUT2D eigenvalue weighted by molar-refractivity contribution is 0.566. The van der Waals surface area contributed by atoms with Crippen molar-refractivity contribution < 1.29 is 4.39 Å². The van der Waals surface area contributed by atoms with Gasteiger partial charge in [-0.15, -0.1) is 0 Å². The first-order valence-electron chi connectivity index (χ1n) is 5.42. The molecule has 1 aliphatic heterocycles. The summed E-state index contributed by atoms with van der Waals surface area (Å²) < 4.78 is 13.8. The van der Waals surface area contributed by atoms with E-state index < -0.39 is 0 Å². The van der Waals surface area contributed by atoms with E-state index in [9.17, 15) is 4.39 Å². The fourth-order valence-electron chi connectivity index (χ4n) is 1.91. The Balaban J connectivity index is 2.18. The van der Waals surface area contributed by atoms with Crippen LogP contribution >= 0.6 is 0 Å². The van der Waals surface area contributed by atoms with Gasteiger partial charge in [0.25, 0.3) is 0 Å². The number of hydrogen-bond acceptors (Lipinski definition) is 3. The minimum Gasteiger partial charge on any atom is -0.367 e. The monoisotopic (exact) mass is 219 g/mol. The van der Waals surface area contributed by atoms with Gasteiger partial charge in [0.05, 0.1) is 18.2 Å². The number of halogens is 1. The van der Waals surface area contributed by atoms with Gasteiger partial charge in [-0.2, -0.15) is 5.26 Å². The maximum atomic E-state index is 13.8. The molecule has 84 valence electrons. The summed E-state index contributed by atoms with van der Waals surface area (Å²) in [5.74, 6) is -0.227. The summed E-state index contributed by atoms with van der Waals surface area (Å²) in [6.07, 6.45) is 0.263. The zero-order valence-electron chi connectivity index (χ0n) is 9.04. The molecule has 1 N–H and O–H groups in total. The first-order chi connectivity index (χ1) is 7.81. The van der Waals surface area contributed by atoms with Crippen molar-refractivity contribution in [1.29, 1.82) is 5.26 Å². The van der Waals surface area contributed by atoms with E-state index in [1.807, 2.05) is 17.0 Å². The van der Waals surface area contributed by atoms with Gasteiger partial charge in [-0.25, -0.2) is 4.39 Å². The third kappa shape index (κ3) is 2.31. The molecule has 0 amide bonds. The summed E-state index contributed by atoms with van der Waals surface area (Å²) in [4.78, 5) is 2.03. The third-order valence-electron chi connectivity index (χ3n) is 2.75. The lowest BCUT2D eigenvalue weighted by atomic mass is 10.1. The van der Waals surface area contributed by atoms with Crippen molar-refractivity contribution in [2.24, 2.45) is 0 Å². The zero-order valence-corrected chi connectivity index (χ0v) is 9.04. The van der Waals surface area contributed by atoms with Gasteiger partial charge >= 0.3 is 0 Å². The molecule has 1 saturated heterocycles. The standard InChI is InChI=1S/C12H14FN3/c13-11-9-10(3-4-14)1-2-12(11)16-7-5-15-6-8-16/h1-2,9,15H,3,5-8H2. The Morgan fingerprint density at radius 3 is 2.75 bits per heavy atom. The van der Waals surface area contributed by atoms with Crippen LogP contribution in [0.5, 0.6) is 0 Å². The molecule has 16 heavy (non-hydrogen) atoms. The van der Waals surface area contributed by atoms with Gasteiger partial charge < -0.3 is 10.2 Å². The van der Waals surface area contributed by atoms with Gasteiger partial charge in [-0.3, -0.25) is 0 Å². The van der Waals surface area contributed by atoms with E-state index >= 15 is 0 Å². The lowest BCUT2D eigenvalue weighted by Crippen LogP contribution is -2.43. The summed E-state index contributed by atoms with van der Waals surface area (Å²) in [5, 5.41) is 11.8. The van der Waals surface area contributed by atoms with Crippen LogP contribution < -0.4 is 10.2 Å². The number of nitrogens with zero attached hydrogens (tertiary/aromatic N) is 2. The van der Waals surface area contributed by atoms with Gasteiger partial charge in [0.2, 0.25) is 0 Å². The van der Waals surface area contributed by atoms with Crippen molar-refractivity contribution >= 4 is 5.69 Å². The molecule has 0 saturated carbocycles. The fourth-order valence-corrected chi connectivity index (χ4v) is 1.91. The van der Waals surface area contributed by atoms with Crippen LogP contribution in [-0.4, -0.2) is 26.2 Å². The van der Waals surface area contributed by atoms with E-state index in [1.54, 1.807) is 6.07 Å². The first kappa shape index (κ1) is 10.9. The van der Waals surface area contributed by atoms with E-state index in [1.165, 1.54) is 6.07 Å². The highest BCUT2D eigenvalue weighted by molar-refractivity contribution is 5.49. The molecule has 1 aromatic carbocycles. The number of benzene rings is 1. The number of nitriles is 1. The Labute approximate surface area is 94.5 Å². The van der Waals surface area contributed by atoms with E-state index in [4.69, 9.17) is 5.26 Å². The van der Waals surface area contributed by atoms with E-state index in [-0.39, 0.29) is 12.2 Å². The van der Waals surface area contributed by atoms with Crippen LogP contribution in [0, 0.1) is 17.1 Å². The number of anilines is 1. The average Bonchev–Trinajstić information content (AvgIpc) is 2.31. The van der Waals surface area contributed by atoms with E-state index in [0.29, 0.717) is 5.69 Å². The molecule has 0 unspecified atom stereocenters. The second-order valence-corrected chi connectivity index (χ2v) is 3.86. The Hall–Kier alpha value is -1.60. The smallest absolute Gasteiger partial charge is 0.146 e. The number of nitrogens with one attached hydrogen (secondary N) is 1. The largest absolute Gasteiger partial charge is 0.367 e. The van der Waals surface area contributed by atoms with Gasteiger partial charge in [0.1, 0.15) is 5.82 Å². The van der Waals surface area contributed by atoms with Gasteiger partial charge in [0.15, 0.2) is 0 Å². The number of rotatable bonds is 2. The highest BCUT2D eigenvalue weighted by Gasteiger charge is 2.14. The predicted molar refractivity (Wildman–Crippen MR) is 60.8 cm³/mol. The van der Waals surface area contributed by atoms with Crippen LogP contribution in [0.1, 0.15) is 5.56 Å². The average molecular weight is 219 g/mol. The molecular weight excluding hydrogens is 205 g/mol. The van der Waals surface area contributed by atoms with Crippen LogP contribution in [-0.2, 0) is 6.42 Å². The highest BCUT2D eigenvalue weighted by Crippen LogP contribution is 2.21. The quantitative estimate of drug-likeness (QED) is 0.815. The summed E-state index contributed by atoms with van der Waals surface area (Å²) in [7, 11) is 0. The molecule has 0 radical (unpaired) electrons. The maximum absolute atomic E-state index is 13.8. The molecule has 0 atom stereocenters.